The molecule has 12 N–H and O–H groups in total. The lowest BCUT2D eigenvalue weighted by Crippen LogP contribution is -2.46. The maximum Gasteiger partial charge on any atom is 0.481 e. The summed E-state index contributed by atoms with van der Waals surface area (Å²) in [4.78, 5) is 87.4. The quantitative estimate of drug-likeness (QED) is 0.0517. The lowest BCUT2D eigenvalue weighted by atomic mass is 9.87. The molecule has 1 fully saturated rings. The molecule has 0 aliphatic carbocycles. The zero-order valence-corrected chi connectivity index (χ0v) is 33.6. The molecule has 316 valence electrons. The number of aromatic nitrogens is 4. The topological polar surface area (TPSA) is 390 Å². The number of carbonyl (C=O) groups excluding carboxylic acids is 3. The molecule has 1 aliphatic heterocycles. The van der Waals surface area contributed by atoms with Gasteiger partial charge in [0.05, 0.1) is 19.5 Å². The van der Waals surface area contributed by atoms with Gasteiger partial charge in [0.2, 0.25) is 11.8 Å². The molecule has 29 heteroatoms. The van der Waals surface area contributed by atoms with Gasteiger partial charge in [-0.1, -0.05) is 31.7 Å². The molecular formula is C27H45N8O17P3S. The molecule has 2 amide bonds. The van der Waals surface area contributed by atoms with Crippen LogP contribution < -0.4 is 22.1 Å². The summed E-state index contributed by atoms with van der Waals surface area (Å²) in [5.41, 5.74) is 10.5. The van der Waals surface area contributed by atoms with Crippen LogP contribution in [0.15, 0.2) is 24.4 Å². The first-order chi connectivity index (χ1) is 25.9. The molecule has 7 unspecified atom stereocenters. The van der Waals surface area contributed by atoms with Crippen molar-refractivity contribution >= 4 is 69.1 Å². The predicted molar refractivity (Wildman–Crippen MR) is 194 cm³/mol. The second kappa shape index (κ2) is 20.2. The molecule has 0 bridgehead atoms. The number of amides is 2. The molecule has 3 heterocycles. The van der Waals surface area contributed by atoms with Crippen LogP contribution in [0.1, 0.15) is 46.3 Å². The summed E-state index contributed by atoms with van der Waals surface area (Å²) in [7, 11) is -16.4. The van der Waals surface area contributed by atoms with Crippen molar-refractivity contribution in [1.82, 2.24) is 30.2 Å². The Morgan fingerprint density at radius 1 is 1.05 bits per heavy atom. The van der Waals surface area contributed by atoms with E-state index in [0.29, 0.717) is 17.9 Å². The zero-order chi connectivity index (χ0) is 42.1. The summed E-state index contributed by atoms with van der Waals surface area (Å²) >= 11 is 1.04. The van der Waals surface area contributed by atoms with Crippen molar-refractivity contribution < 1.29 is 80.5 Å². The standard InChI is InChI=1S/C27H45N8O17P3S/c1-4-15(28)5-6-18(37)56-10-9-30-17(36)7-8-31-25(40)22(39)27(2,3)12-49-55(46,47)52-54(44,45)48-11-16-21(51-53(41,42)43)20(38)26(50-16)35-14-34-19-23(29)32-13-33-24(19)35/h4,13-14,16,20-22,26,38-39H,5-12,28H2,1-3H3,(H,30,36)(H,31,40)(H,44,45)(H,46,47)(H2,29,32,33)(H2,41,42,43)/b15-4-. The summed E-state index contributed by atoms with van der Waals surface area (Å²) in [6, 6.07) is 0. The number of rotatable bonds is 22. The summed E-state index contributed by atoms with van der Waals surface area (Å²) < 4.78 is 62.0. The van der Waals surface area contributed by atoms with Gasteiger partial charge in [0.25, 0.3) is 0 Å². The predicted octanol–water partition coefficient (Wildman–Crippen LogP) is -0.693. The first kappa shape index (κ1) is 47.5. The number of nitrogen functional groups attached to an aromatic ring is 1. The first-order valence-electron chi connectivity index (χ1n) is 16.4. The molecule has 0 aromatic carbocycles. The molecule has 2 aromatic rings. The Bertz CT molecular complexity index is 1880. The maximum absolute atomic E-state index is 12.7. The van der Waals surface area contributed by atoms with E-state index in [1.54, 1.807) is 13.0 Å². The molecule has 1 saturated heterocycles. The highest BCUT2D eigenvalue weighted by atomic mass is 32.2. The third-order valence-corrected chi connectivity index (χ3v) is 11.8. The zero-order valence-electron chi connectivity index (χ0n) is 30.1. The Kier molecular flexibility index (Phi) is 17.1. The van der Waals surface area contributed by atoms with Crippen LogP contribution in [0.5, 0.6) is 0 Å². The van der Waals surface area contributed by atoms with E-state index in [4.69, 9.17) is 25.3 Å². The fourth-order valence-electron chi connectivity index (χ4n) is 4.76. The number of hydrogen-bond donors (Lipinski definition) is 10. The number of ether oxygens (including phenoxy) is 1. The van der Waals surface area contributed by atoms with Crippen molar-refractivity contribution in [2.75, 3.05) is 37.8 Å². The number of aliphatic hydroxyl groups excluding tert-OH is 2. The van der Waals surface area contributed by atoms with Gasteiger partial charge in [-0.15, -0.1) is 0 Å². The van der Waals surface area contributed by atoms with E-state index in [0.717, 1.165) is 29.0 Å². The number of fused-ring (bicyclic) bond motifs is 1. The van der Waals surface area contributed by atoms with Crippen molar-refractivity contribution in [1.29, 1.82) is 0 Å². The van der Waals surface area contributed by atoms with Crippen LogP contribution in [-0.2, 0) is 50.7 Å². The number of nitrogens with two attached hydrogens (primary N) is 2. The molecule has 1 aliphatic rings. The average Bonchev–Trinajstić information content (AvgIpc) is 3.66. The number of thioether (sulfide) groups is 1. The van der Waals surface area contributed by atoms with Gasteiger partial charge in [0, 0.05) is 42.8 Å². The first-order valence-corrected chi connectivity index (χ1v) is 21.9. The van der Waals surface area contributed by atoms with E-state index < -0.39 is 84.6 Å². The fraction of sp³-hybridized carbons (Fsp3) is 0.630. The van der Waals surface area contributed by atoms with Crippen LogP contribution in [-0.4, -0.2) is 123 Å². The van der Waals surface area contributed by atoms with Crippen LogP contribution >= 0.6 is 35.2 Å². The third kappa shape index (κ3) is 14.5. The fourth-order valence-corrected chi connectivity index (χ4v) is 8.27. The van der Waals surface area contributed by atoms with Crippen molar-refractivity contribution in [3.8, 4) is 0 Å². The van der Waals surface area contributed by atoms with Gasteiger partial charge in [-0.3, -0.25) is 32.5 Å². The normalized spacial score (nSPS) is 22.0. The maximum atomic E-state index is 12.7. The van der Waals surface area contributed by atoms with Crippen molar-refractivity contribution in [3.05, 3.63) is 24.4 Å². The largest absolute Gasteiger partial charge is 0.481 e. The number of anilines is 1. The Morgan fingerprint density at radius 2 is 1.73 bits per heavy atom. The number of nitrogens with zero attached hydrogens (tertiary/aromatic N) is 4. The van der Waals surface area contributed by atoms with Gasteiger partial charge in [-0.2, -0.15) is 4.31 Å². The van der Waals surface area contributed by atoms with Crippen LogP contribution in [0.3, 0.4) is 0 Å². The van der Waals surface area contributed by atoms with Gasteiger partial charge in [-0.05, 0) is 13.3 Å². The van der Waals surface area contributed by atoms with E-state index in [1.807, 2.05) is 0 Å². The lowest BCUT2D eigenvalue weighted by Gasteiger charge is -2.30. The second-order valence-electron chi connectivity index (χ2n) is 12.7. The van der Waals surface area contributed by atoms with Crippen LogP contribution in [0, 0.1) is 5.41 Å². The minimum absolute atomic E-state index is 0.0282. The smallest absolute Gasteiger partial charge is 0.402 e. The van der Waals surface area contributed by atoms with E-state index in [-0.39, 0.29) is 48.0 Å². The molecule has 2 aromatic heterocycles. The number of imidazole rings is 1. The number of phosphoric ester groups is 3. The molecular weight excluding hydrogens is 833 g/mol. The highest BCUT2D eigenvalue weighted by molar-refractivity contribution is 8.13. The highest BCUT2D eigenvalue weighted by Crippen LogP contribution is 2.61. The van der Waals surface area contributed by atoms with Gasteiger partial charge in [-0.25, -0.2) is 28.6 Å². The average molecular weight is 879 g/mol. The van der Waals surface area contributed by atoms with Crippen LogP contribution in [0.4, 0.5) is 5.82 Å². The number of hydrogen-bond acceptors (Lipinski definition) is 19. The summed E-state index contributed by atoms with van der Waals surface area (Å²) in [6.07, 6.45) is -4.54. The van der Waals surface area contributed by atoms with E-state index in [9.17, 15) is 57.9 Å². The summed E-state index contributed by atoms with van der Waals surface area (Å²) in [5.74, 6) is -1.16. The summed E-state index contributed by atoms with van der Waals surface area (Å²) in [6.45, 7) is 2.21. The number of nitrogens with one attached hydrogen (secondary N) is 2. The van der Waals surface area contributed by atoms with Crippen LogP contribution in [0.25, 0.3) is 11.2 Å². The Hall–Kier alpha value is -2.90. The molecule has 0 spiro atoms. The molecule has 0 saturated carbocycles. The number of carbonyl (C=O) groups is 3. The third-order valence-electron chi connectivity index (χ3n) is 7.75. The molecule has 0 radical (unpaired) electrons. The molecule has 3 rings (SSSR count). The molecule has 7 atom stereocenters. The minimum Gasteiger partial charge on any atom is -0.402 e. The summed E-state index contributed by atoms with van der Waals surface area (Å²) in [5, 5.41) is 26.2. The monoisotopic (exact) mass is 878 g/mol. The van der Waals surface area contributed by atoms with Gasteiger partial charge < -0.3 is 56.6 Å². The highest BCUT2D eigenvalue weighted by Gasteiger charge is 2.50. The number of allylic oxidation sites excluding steroid dienone is 2. The molecule has 56 heavy (non-hydrogen) atoms. The van der Waals surface area contributed by atoms with Crippen molar-refractivity contribution in [3.63, 3.8) is 0 Å². The van der Waals surface area contributed by atoms with Crippen LogP contribution in [0.2, 0.25) is 0 Å². The second-order valence-corrected chi connectivity index (χ2v) is 18.0. The SMILES string of the molecule is C/C=C(\N)CCC(=O)SCCNC(=O)CCNC(=O)C(O)C(C)(C)COP(=O)(O)OP(=O)(O)OCC1OC(n2cnc3c(N)ncnc32)C(O)C1OP(=O)(O)O. The van der Waals surface area contributed by atoms with E-state index >= 15 is 0 Å². The van der Waals surface area contributed by atoms with Gasteiger partial charge in [0.1, 0.15) is 36.3 Å². The van der Waals surface area contributed by atoms with Gasteiger partial charge >= 0.3 is 23.5 Å². The molecule has 25 nitrogen and oxygen atoms in total. The Labute approximate surface area is 323 Å². The van der Waals surface area contributed by atoms with Crippen molar-refractivity contribution in [2.45, 2.75) is 70.7 Å². The Balaban J connectivity index is 1.48. The lowest BCUT2D eigenvalue weighted by molar-refractivity contribution is -0.137. The number of aliphatic hydroxyl groups is 2. The van der Waals surface area contributed by atoms with Gasteiger partial charge in [0.15, 0.2) is 22.8 Å². The minimum atomic E-state index is -5.57. The number of phosphoric acid groups is 3. The Morgan fingerprint density at radius 3 is 2.39 bits per heavy atom. The van der Waals surface area contributed by atoms with E-state index in [2.05, 4.69) is 34.4 Å². The van der Waals surface area contributed by atoms with Crippen molar-refractivity contribution in [2.24, 2.45) is 11.1 Å². The van der Waals surface area contributed by atoms with E-state index in [1.165, 1.54) is 13.8 Å².